The van der Waals surface area contributed by atoms with Crippen molar-refractivity contribution in [3.8, 4) is 11.5 Å². The molecule has 1 aromatic rings. The fraction of sp³-hybridized carbons (Fsp3) is 0.632. The molecule has 0 unspecified atom stereocenters. The zero-order valence-corrected chi connectivity index (χ0v) is 15.2. The van der Waals surface area contributed by atoms with Gasteiger partial charge < -0.3 is 29.0 Å². The number of fused-ring (bicyclic) bond motifs is 1. The number of nitrogens with zero attached hydrogens (tertiary/aromatic N) is 1. The fourth-order valence-electron chi connectivity index (χ4n) is 3.31. The molecule has 1 aromatic carbocycles. The van der Waals surface area contributed by atoms with Crippen molar-refractivity contribution in [2.45, 2.75) is 32.5 Å². The number of carbonyl (C=O) groups excluding carboxylic acids is 1. The monoisotopic (exact) mass is 365 g/mol. The molecule has 0 spiro atoms. The highest BCUT2D eigenvalue weighted by Gasteiger charge is 2.26. The summed E-state index contributed by atoms with van der Waals surface area (Å²) in [6, 6.07) is 5.69. The molecule has 1 saturated heterocycles. The van der Waals surface area contributed by atoms with Gasteiger partial charge in [0.15, 0.2) is 11.5 Å². The molecular weight excluding hydrogens is 338 g/mol. The first-order chi connectivity index (χ1) is 12.7. The fourth-order valence-corrected chi connectivity index (χ4v) is 3.31. The van der Waals surface area contributed by atoms with Gasteiger partial charge >= 0.3 is 5.97 Å². The average molecular weight is 365 g/mol. The third kappa shape index (κ3) is 5.09. The number of β-amino-alcohol motifs (C(OH)–C–C–N with tert-alkyl or cyclic N) is 1. The first-order valence-electron chi connectivity index (χ1n) is 9.19. The van der Waals surface area contributed by atoms with Crippen LogP contribution in [-0.2, 0) is 20.9 Å². The summed E-state index contributed by atoms with van der Waals surface area (Å²) in [5.74, 6) is 1.38. The number of aliphatic hydroxyl groups is 1. The van der Waals surface area contributed by atoms with Crippen molar-refractivity contribution < 1.29 is 28.8 Å². The van der Waals surface area contributed by atoms with Crippen molar-refractivity contribution >= 4 is 5.97 Å². The number of rotatable bonds is 8. The van der Waals surface area contributed by atoms with Crippen molar-refractivity contribution in [1.82, 2.24) is 4.90 Å². The van der Waals surface area contributed by atoms with E-state index in [4.69, 9.17) is 18.9 Å². The molecule has 2 aliphatic rings. The Kier molecular flexibility index (Phi) is 6.71. The molecule has 2 heterocycles. The number of hydrogen-bond donors (Lipinski definition) is 1. The average Bonchev–Trinajstić information content (AvgIpc) is 3.10. The maximum Gasteiger partial charge on any atom is 0.309 e. The van der Waals surface area contributed by atoms with E-state index in [1.54, 1.807) is 0 Å². The van der Waals surface area contributed by atoms with Crippen LogP contribution in [0.2, 0.25) is 0 Å². The highest BCUT2D eigenvalue weighted by atomic mass is 16.7. The highest BCUT2D eigenvalue weighted by Crippen LogP contribution is 2.32. The van der Waals surface area contributed by atoms with Gasteiger partial charge in [0.05, 0.1) is 31.8 Å². The SMILES string of the molecule is CCOC(=O)C1CCN(C[C@@H](O)COCc2ccc3c(c2)OCO3)CC1. The molecule has 0 bridgehead atoms. The van der Waals surface area contributed by atoms with E-state index in [1.807, 2.05) is 25.1 Å². The van der Waals surface area contributed by atoms with Crippen LogP contribution in [0.15, 0.2) is 18.2 Å². The van der Waals surface area contributed by atoms with Crippen LogP contribution in [0.4, 0.5) is 0 Å². The minimum absolute atomic E-state index is 0.00870. The van der Waals surface area contributed by atoms with Gasteiger partial charge in [-0.1, -0.05) is 6.07 Å². The molecule has 144 valence electrons. The van der Waals surface area contributed by atoms with Crippen LogP contribution in [0.1, 0.15) is 25.3 Å². The van der Waals surface area contributed by atoms with Crippen LogP contribution in [-0.4, -0.2) is 61.7 Å². The molecule has 1 N–H and O–H groups in total. The molecule has 0 saturated carbocycles. The first kappa shape index (κ1) is 18.9. The van der Waals surface area contributed by atoms with Gasteiger partial charge in [-0.15, -0.1) is 0 Å². The Hall–Kier alpha value is -1.83. The number of esters is 1. The lowest BCUT2D eigenvalue weighted by Gasteiger charge is -2.32. The Morgan fingerprint density at radius 1 is 1.31 bits per heavy atom. The van der Waals surface area contributed by atoms with Crippen LogP contribution in [0.25, 0.3) is 0 Å². The molecule has 0 aliphatic carbocycles. The van der Waals surface area contributed by atoms with E-state index in [1.165, 1.54) is 0 Å². The lowest BCUT2D eigenvalue weighted by Crippen LogP contribution is -2.41. The second kappa shape index (κ2) is 9.21. The summed E-state index contributed by atoms with van der Waals surface area (Å²) in [7, 11) is 0. The van der Waals surface area contributed by atoms with E-state index in [0.29, 0.717) is 19.8 Å². The van der Waals surface area contributed by atoms with Gasteiger partial charge in [-0.25, -0.2) is 0 Å². The Labute approximate surface area is 153 Å². The van der Waals surface area contributed by atoms with Gasteiger partial charge in [-0.2, -0.15) is 0 Å². The first-order valence-corrected chi connectivity index (χ1v) is 9.19. The lowest BCUT2D eigenvalue weighted by molar-refractivity contribution is -0.149. The Bertz CT molecular complexity index is 600. The number of benzene rings is 1. The molecule has 0 radical (unpaired) electrons. The second-order valence-electron chi connectivity index (χ2n) is 6.68. The van der Waals surface area contributed by atoms with Gasteiger partial charge in [-0.3, -0.25) is 4.79 Å². The van der Waals surface area contributed by atoms with Gasteiger partial charge in [0, 0.05) is 6.54 Å². The van der Waals surface area contributed by atoms with Crippen molar-refractivity contribution in [2.24, 2.45) is 5.92 Å². The predicted octanol–water partition coefficient (Wildman–Crippen LogP) is 1.57. The number of aliphatic hydroxyl groups excluding tert-OH is 1. The Balaban J connectivity index is 1.33. The normalized spacial score (nSPS) is 18.7. The largest absolute Gasteiger partial charge is 0.466 e. The van der Waals surface area contributed by atoms with Gasteiger partial charge in [0.1, 0.15) is 0 Å². The molecule has 7 nitrogen and oxygen atoms in total. The van der Waals surface area contributed by atoms with E-state index in [2.05, 4.69) is 4.90 Å². The molecule has 7 heteroatoms. The minimum Gasteiger partial charge on any atom is -0.466 e. The molecule has 1 fully saturated rings. The van der Waals surface area contributed by atoms with Gasteiger partial charge in [0.2, 0.25) is 6.79 Å². The summed E-state index contributed by atoms with van der Waals surface area (Å²) in [5, 5.41) is 10.2. The minimum atomic E-state index is -0.553. The van der Waals surface area contributed by atoms with E-state index < -0.39 is 6.10 Å². The summed E-state index contributed by atoms with van der Waals surface area (Å²) < 4.78 is 21.3. The van der Waals surface area contributed by atoms with Crippen LogP contribution in [0, 0.1) is 5.92 Å². The standard InChI is InChI=1S/C19H27NO6/c1-2-24-19(22)15-5-7-20(8-6-15)10-16(21)12-23-11-14-3-4-17-18(9-14)26-13-25-17/h3-4,9,15-16,21H,2,5-8,10-13H2,1H3/t16-/m1/s1. The summed E-state index contributed by atoms with van der Waals surface area (Å²) in [6.45, 7) is 5.34. The number of hydrogen-bond acceptors (Lipinski definition) is 7. The van der Waals surface area contributed by atoms with Gasteiger partial charge in [0.25, 0.3) is 0 Å². The van der Waals surface area contributed by atoms with Gasteiger partial charge in [-0.05, 0) is 50.6 Å². The maximum atomic E-state index is 11.7. The summed E-state index contributed by atoms with van der Waals surface area (Å²) in [6.07, 6.45) is 1.01. The van der Waals surface area contributed by atoms with E-state index in [-0.39, 0.29) is 25.3 Å². The smallest absolute Gasteiger partial charge is 0.309 e. The quantitative estimate of drug-likeness (QED) is 0.701. The summed E-state index contributed by atoms with van der Waals surface area (Å²) >= 11 is 0. The zero-order chi connectivity index (χ0) is 18.4. The van der Waals surface area contributed by atoms with Crippen molar-refractivity contribution in [3.05, 3.63) is 23.8 Å². The third-order valence-electron chi connectivity index (χ3n) is 4.69. The number of likely N-dealkylation sites (tertiary alicyclic amines) is 1. The zero-order valence-electron chi connectivity index (χ0n) is 15.2. The molecule has 1 atom stereocenters. The van der Waals surface area contributed by atoms with Crippen molar-refractivity contribution in [1.29, 1.82) is 0 Å². The number of piperidine rings is 1. The highest BCUT2D eigenvalue weighted by molar-refractivity contribution is 5.72. The lowest BCUT2D eigenvalue weighted by atomic mass is 9.97. The van der Waals surface area contributed by atoms with E-state index in [9.17, 15) is 9.90 Å². The molecule has 3 rings (SSSR count). The second-order valence-corrected chi connectivity index (χ2v) is 6.68. The topological polar surface area (TPSA) is 77.5 Å². The summed E-state index contributed by atoms with van der Waals surface area (Å²) in [5.41, 5.74) is 0.983. The number of ether oxygens (including phenoxy) is 4. The predicted molar refractivity (Wildman–Crippen MR) is 94.0 cm³/mol. The van der Waals surface area contributed by atoms with E-state index >= 15 is 0 Å². The third-order valence-corrected chi connectivity index (χ3v) is 4.69. The number of carbonyl (C=O) groups is 1. The van der Waals surface area contributed by atoms with E-state index in [0.717, 1.165) is 43.0 Å². The maximum absolute atomic E-state index is 11.7. The molecule has 0 aromatic heterocycles. The van der Waals surface area contributed by atoms with Crippen LogP contribution >= 0.6 is 0 Å². The summed E-state index contributed by atoms with van der Waals surface area (Å²) in [4.78, 5) is 13.9. The Morgan fingerprint density at radius 3 is 2.85 bits per heavy atom. The van der Waals surface area contributed by atoms with Crippen LogP contribution in [0.5, 0.6) is 11.5 Å². The van der Waals surface area contributed by atoms with Crippen molar-refractivity contribution in [2.75, 3.05) is 39.6 Å². The molecule has 26 heavy (non-hydrogen) atoms. The Morgan fingerprint density at radius 2 is 2.08 bits per heavy atom. The molecule has 2 aliphatic heterocycles. The van der Waals surface area contributed by atoms with Crippen molar-refractivity contribution in [3.63, 3.8) is 0 Å². The van der Waals surface area contributed by atoms with Crippen LogP contribution < -0.4 is 9.47 Å². The molecule has 0 amide bonds. The van der Waals surface area contributed by atoms with Crippen LogP contribution in [0.3, 0.4) is 0 Å². The molecular formula is C19H27NO6.